The van der Waals surface area contributed by atoms with Crippen molar-refractivity contribution < 1.29 is 4.74 Å². The van der Waals surface area contributed by atoms with Crippen LogP contribution in [0.4, 0.5) is 0 Å². The molecular weight excluding hydrogens is 200 g/mol. The van der Waals surface area contributed by atoms with E-state index in [9.17, 15) is 0 Å². The molecule has 0 saturated carbocycles. The van der Waals surface area contributed by atoms with Gasteiger partial charge in [-0.15, -0.1) is 12.4 Å². The number of piperidine rings is 1. The van der Waals surface area contributed by atoms with Gasteiger partial charge in [-0.1, -0.05) is 0 Å². The topological polar surface area (TPSA) is 38.5 Å². The minimum atomic E-state index is 0. The second-order valence-electron chi connectivity index (χ2n) is 4.49. The van der Waals surface area contributed by atoms with Gasteiger partial charge in [-0.25, -0.2) is 0 Å². The van der Waals surface area contributed by atoms with Crippen LogP contribution in [0.3, 0.4) is 0 Å². The van der Waals surface area contributed by atoms with Gasteiger partial charge in [0.2, 0.25) is 0 Å². The highest BCUT2D eigenvalue weighted by Crippen LogP contribution is 2.20. The summed E-state index contributed by atoms with van der Waals surface area (Å²) in [6, 6.07) is 0.529. The summed E-state index contributed by atoms with van der Waals surface area (Å²) in [6.45, 7) is 7.39. The first-order chi connectivity index (χ1) is 6.05. The van der Waals surface area contributed by atoms with Crippen molar-refractivity contribution in [2.45, 2.75) is 38.3 Å². The lowest BCUT2D eigenvalue weighted by molar-refractivity contribution is 0.0700. The van der Waals surface area contributed by atoms with Crippen LogP contribution < -0.4 is 5.73 Å². The van der Waals surface area contributed by atoms with E-state index in [-0.39, 0.29) is 17.9 Å². The first-order valence-electron chi connectivity index (χ1n) is 5.07. The minimum Gasteiger partial charge on any atom is -0.383 e. The summed E-state index contributed by atoms with van der Waals surface area (Å²) >= 11 is 0. The molecule has 1 saturated heterocycles. The molecule has 0 spiro atoms. The predicted molar refractivity (Wildman–Crippen MR) is 62.0 cm³/mol. The molecule has 1 heterocycles. The molecule has 14 heavy (non-hydrogen) atoms. The van der Waals surface area contributed by atoms with Crippen molar-refractivity contribution in [2.24, 2.45) is 5.73 Å². The second kappa shape index (κ2) is 5.91. The highest BCUT2D eigenvalue weighted by molar-refractivity contribution is 5.85. The van der Waals surface area contributed by atoms with Crippen molar-refractivity contribution >= 4 is 12.4 Å². The summed E-state index contributed by atoms with van der Waals surface area (Å²) in [5.41, 5.74) is 6.12. The van der Waals surface area contributed by atoms with Crippen LogP contribution in [0, 0.1) is 0 Å². The van der Waals surface area contributed by atoms with Gasteiger partial charge in [0.15, 0.2) is 0 Å². The SMILES string of the molecule is COCC(C)N1CCC(C)(N)CC1.Cl. The zero-order valence-electron chi connectivity index (χ0n) is 9.45. The Morgan fingerprint density at radius 2 is 1.93 bits per heavy atom. The molecule has 1 aliphatic heterocycles. The molecule has 1 aliphatic rings. The van der Waals surface area contributed by atoms with Gasteiger partial charge in [-0.05, 0) is 26.7 Å². The zero-order chi connectivity index (χ0) is 9.90. The Kier molecular flexibility index (Phi) is 5.98. The highest BCUT2D eigenvalue weighted by atomic mass is 35.5. The lowest BCUT2D eigenvalue weighted by Crippen LogP contribution is -2.51. The molecule has 0 aromatic rings. The summed E-state index contributed by atoms with van der Waals surface area (Å²) in [7, 11) is 1.76. The fourth-order valence-electron chi connectivity index (χ4n) is 1.82. The first-order valence-corrected chi connectivity index (χ1v) is 5.07. The third-order valence-corrected chi connectivity index (χ3v) is 2.97. The molecule has 0 bridgehead atoms. The smallest absolute Gasteiger partial charge is 0.0615 e. The molecule has 1 unspecified atom stereocenters. The summed E-state index contributed by atoms with van der Waals surface area (Å²) in [5.74, 6) is 0. The molecule has 0 radical (unpaired) electrons. The van der Waals surface area contributed by atoms with Crippen LogP contribution in [0.1, 0.15) is 26.7 Å². The number of likely N-dealkylation sites (tertiary alicyclic amines) is 1. The molecule has 3 nitrogen and oxygen atoms in total. The Hall–Kier alpha value is 0.170. The summed E-state index contributed by atoms with van der Waals surface area (Å²) in [4.78, 5) is 2.46. The highest BCUT2D eigenvalue weighted by Gasteiger charge is 2.27. The van der Waals surface area contributed by atoms with Crippen LogP contribution in [0.5, 0.6) is 0 Å². The Morgan fingerprint density at radius 1 is 1.43 bits per heavy atom. The predicted octanol–water partition coefficient (Wildman–Crippen LogP) is 1.26. The van der Waals surface area contributed by atoms with E-state index in [0.717, 1.165) is 32.5 Å². The van der Waals surface area contributed by atoms with Gasteiger partial charge in [0.25, 0.3) is 0 Å². The average Bonchev–Trinajstić information content (AvgIpc) is 2.04. The quantitative estimate of drug-likeness (QED) is 0.782. The molecule has 0 amide bonds. The van der Waals surface area contributed by atoms with Crippen LogP contribution in [0.2, 0.25) is 0 Å². The minimum absolute atomic E-state index is 0. The van der Waals surface area contributed by atoms with Gasteiger partial charge in [-0.2, -0.15) is 0 Å². The van der Waals surface area contributed by atoms with E-state index in [0.29, 0.717) is 6.04 Å². The van der Waals surface area contributed by atoms with E-state index in [1.807, 2.05) is 0 Å². The number of hydrogen-bond acceptors (Lipinski definition) is 3. The average molecular weight is 223 g/mol. The van der Waals surface area contributed by atoms with Crippen LogP contribution in [-0.4, -0.2) is 43.3 Å². The van der Waals surface area contributed by atoms with Gasteiger partial charge >= 0.3 is 0 Å². The fourth-order valence-corrected chi connectivity index (χ4v) is 1.82. The Balaban J connectivity index is 0.00000169. The van der Waals surface area contributed by atoms with Crippen LogP contribution in [0.25, 0.3) is 0 Å². The molecule has 1 atom stereocenters. The van der Waals surface area contributed by atoms with Gasteiger partial charge in [0.1, 0.15) is 0 Å². The third kappa shape index (κ3) is 4.13. The molecular formula is C10H23ClN2O. The maximum absolute atomic E-state index is 6.06. The second-order valence-corrected chi connectivity index (χ2v) is 4.49. The van der Waals surface area contributed by atoms with Gasteiger partial charge < -0.3 is 10.5 Å². The van der Waals surface area contributed by atoms with Crippen molar-refractivity contribution in [3.05, 3.63) is 0 Å². The van der Waals surface area contributed by atoms with Crippen molar-refractivity contribution in [2.75, 3.05) is 26.8 Å². The van der Waals surface area contributed by atoms with Gasteiger partial charge in [-0.3, -0.25) is 4.90 Å². The normalized spacial score (nSPS) is 24.0. The molecule has 0 aromatic carbocycles. The summed E-state index contributed by atoms with van der Waals surface area (Å²) < 4.78 is 5.14. The molecule has 1 fully saturated rings. The lowest BCUT2D eigenvalue weighted by atomic mass is 9.90. The molecule has 1 rings (SSSR count). The fraction of sp³-hybridized carbons (Fsp3) is 1.00. The van der Waals surface area contributed by atoms with Crippen molar-refractivity contribution in [1.82, 2.24) is 4.90 Å². The van der Waals surface area contributed by atoms with E-state index in [4.69, 9.17) is 10.5 Å². The van der Waals surface area contributed by atoms with E-state index in [1.165, 1.54) is 0 Å². The number of nitrogens with zero attached hydrogens (tertiary/aromatic N) is 1. The van der Waals surface area contributed by atoms with Crippen molar-refractivity contribution in [1.29, 1.82) is 0 Å². The number of rotatable bonds is 3. The van der Waals surface area contributed by atoms with Crippen LogP contribution in [-0.2, 0) is 4.74 Å². The summed E-state index contributed by atoms with van der Waals surface area (Å²) in [6.07, 6.45) is 2.20. The monoisotopic (exact) mass is 222 g/mol. The lowest BCUT2D eigenvalue weighted by Gasteiger charge is -2.39. The van der Waals surface area contributed by atoms with Gasteiger partial charge in [0, 0.05) is 31.8 Å². The van der Waals surface area contributed by atoms with E-state index >= 15 is 0 Å². The standard InChI is InChI=1S/C10H22N2O.ClH/c1-9(8-13-3)12-6-4-10(2,11)5-7-12;/h9H,4-8,11H2,1-3H3;1H. The van der Waals surface area contributed by atoms with Crippen molar-refractivity contribution in [3.63, 3.8) is 0 Å². The molecule has 0 aromatic heterocycles. The van der Waals surface area contributed by atoms with Crippen LogP contribution >= 0.6 is 12.4 Å². The Morgan fingerprint density at radius 3 is 2.36 bits per heavy atom. The van der Waals surface area contributed by atoms with E-state index < -0.39 is 0 Å². The number of nitrogens with two attached hydrogens (primary N) is 1. The third-order valence-electron chi connectivity index (χ3n) is 2.97. The van der Waals surface area contributed by atoms with E-state index in [1.54, 1.807) is 7.11 Å². The maximum atomic E-state index is 6.06. The maximum Gasteiger partial charge on any atom is 0.0615 e. The number of halogens is 1. The molecule has 4 heteroatoms. The van der Waals surface area contributed by atoms with E-state index in [2.05, 4.69) is 18.7 Å². The Labute approximate surface area is 93.4 Å². The number of methoxy groups -OCH3 is 1. The summed E-state index contributed by atoms with van der Waals surface area (Å²) in [5, 5.41) is 0. The molecule has 2 N–H and O–H groups in total. The number of ether oxygens (including phenoxy) is 1. The van der Waals surface area contributed by atoms with Crippen molar-refractivity contribution in [3.8, 4) is 0 Å². The zero-order valence-corrected chi connectivity index (χ0v) is 10.3. The Bertz CT molecular complexity index is 154. The van der Waals surface area contributed by atoms with Gasteiger partial charge in [0.05, 0.1) is 6.61 Å². The number of hydrogen-bond donors (Lipinski definition) is 1. The molecule has 0 aliphatic carbocycles. The first kappa shape index (κ1) is 14.2. The largest absolute Gasteiger partial charge is 0.383 e. The molecule has 86 valence electrons. The van der Waals surface area contributed by atoms with Crippen LogP contribution in [0.15, 0.2) is 0 Å².